The maximum Gasteiger partial charge on any atom is 0.263 e. The lowest BCUT2D eigenvalue weighted by Gasteiger charge is -2.10. The topological polar surface area (TPSA) is 81.3 Å². The van der Waals surface area contributed by atoms with Gasteiger partial charge < -0.3 is 5.32 Å². The maximum atomic E-state index is 13.7. The number of fused-ring (bicyclic) bond motifs is 3. The number of anilines is 1. The predicted octanol–water partition coefficient (Wildman–Crippen LogP) is 3.24. The molecule has 2 aromatic heterocycles. The smallest absolute Gasteiger partial charge is 0.263 e. The summed E-state index contributed by atoms with van der Waals surface area (Å²) in [6, 6.07) is 10.3. The molecule has 0 saturated heterocycles. The van der Waals surface area contributed by atoms with Gasteiger partial charge >= 0.3 is 0 Å². The van der Waals surface area contributed by atoms with E-state index in [1.54, 1.807) is 34.7 Å². The average molecular weight is 427 g/mol. The Morgan fingerprint density at radius 3 is 2.60 bits per heavy atom. The molecule has 0 bridgehead atoms. The largest absolute Gasteiger partial charge is 0.320 e. The van der Waals surface area contributed by atoms with Gasteiger partial charge in [0.25, 0.3) is 5.56 Å². The fourth-order valence-corrected chi connectivity index (χ4v) is 3.78. The van der Waals surface area contributed by atoms with E-state index in [1.165, 1.54) is 10.6 Å². The summed E-state index contributed by atoms with van der Waals surface area (Å²) in [6.45, 7) is 3.91. The summed E-state index contributed by atoms with van der Waals surface area (Å²) in [4.78, 5) is 25.0. The number of rotatable bonds is 6. The number of hydrogen-bond donors (Lipinski definition) is 1. The molecule has 0 saturated carbocycles. The van der Waals surface area contributed by atoms with Crippen LogP contribution >= 0.6 is 11.8 Å². The fraction of sp³-hybridized carbons (Fsp3) is 0.100. The Balaban J connectivity index is 1.68. The molecular formula is C20H15F2N5O2S. The number of hydrogen-bond acceptors (Lipinski definition) is 5. The Labute approximate surface area is 173 Å². The molecule has 0 radical (unpaired) electrons. The molecule has 30 heavy (non-hydrogen) atoms. The van der Waals surface area contributed by atoms with E-state index in [-0.39, 0.29) is 17.9 Å². The highest BCUT2D eigenvalue weighted by Gasteiger charge is 2.18. The predicted molar refractivity (Wildman–Crippen MR) is 111 cm³/mol. The van der Waals surface area contributed by atoms with Gasteiger partial charge in [-0.1, -0.05) is 36.0 Å². The normalized spacial score (nSPS) is 11.1. The molecular weight excluding hydrogens is 412 g/mol. The fourth-order valence-electron chi connectivity index (χ4n) is 3.04. The molecule has 1 amide bonds. The number of allylic oxidation sites excluding steroid dienone is 1. The second kappa shape index (κ2) is 8.07. The highest BCUT2D eigenvalue weighted by atomic mass is 32.2. The Morgan fingerprint density at radius 1 is 1.13 bits per heavy atom. The van der Waals surface area contributed by atoms with Crippen molar-refractivity contribution in [2.45, 2.75) is 11.7 Å². The van der Waals surface area contributed by atoms with Gasteiger partial charge in [0.2, 0.25) is 11.7 Å². The SMILES string of the molecule is C=CCn1c(=O)c2ccccc2n2c(SCC(=O)Nc3c(F)cccc3F)nnc12. The lowest BCUT2D eigenvalue weighted by molar-refractivity contribution is -0.113. The second-order valence-corrected chi connectivity index (χ2v) is 7.22. The van der Waals surface area contributed by atoms with Crippen molar-refractivity contribution < 1.29 is 13.6 Å². The van der Waals surface area contributed by atoms with Crippen LogP contribution in [0.4, 0.5) is 14.5 Å². The van der Waals surface area contributed by atoms with Gasteiger partial charge in [-0.15, -0.1) is 16.8 Å². The summed E-state index contributed by atoms with van der Waals surface area (Å²) in [7, 11) is 0. The number of carbonyl (C=O) groups excluding carboxylic acids is 1. The van der Waals surface area contributed by atoms with Gasteiger partial charge in [-0.2, -0.15) is 0 Å². The molecule has 7 nitrogen and oxygen atoms in total. The molecule has 10 heteroatoms. The first kappa shape index (κ1) is 19.8. The van der Waals surface area contributed by atoms with Gasteiger partial charge in [0.15, 0.2) is 5.16 Å². The quantitative estimate of drug-likeness (QED) is 0.377. The minimum Gasteiger partial charge on any atom is -0.320 e. The zero-order valence-electron chi connectivity index (χ0n) is 15.5. The summed E-state index contributed by atoms with van der Waals surface area (Å²) >= 11 is 1.03. The van der Waals surface area contributed by atoms with Crippen LogP contribution in [0, 0.1) is 11.6 Å². The second-order valence-electron chi connectivity index (χ2n) is 6.27. The summed E-state index contributed by atoms with van der Waals surface area (Å²) in [5, 5.41) is 11.3. The lowest BCUT2D eigenvalue weighted by Crippen LogP contribution is -2.22. The highest BCUT2D eigenvalue weighted by molar-refractivity contribution is 7.99. The third-order valence-electron chi connectivity index (χ3n) is 4.35. The van der Waals surface area contributed by atoms with Crippen molar-refractivity contribution >= 4 is 40.0 Å². The number of nitrogens with zero attached hydrogens (tertiary/aromatic N) is 4. The van der Waals surface area contributed by atoms with Crippen LogP contribution in [-0.4, -0.2) is 30.8 Å². The minimum absolute atomic E-state index is 0.163. The number of thioether (sulfide) groups is 1. The number of halogens is 2. The van der Waals surface area contributed by atoms with E-state index in [1.807, 2.05) is 0 Å². The molecule has 0 aliphatic heterocycles. The van der Waals surface area contributed by atoms with Crippen molar-refractivity contribution in [3.63, 3.8) is 0 Å². The van der Waals surface area contributed by atoms with E-state index in [2.05, 4.69) is 22.1 Å². The molecule has 4 rings (SSSR count). The highest BCUT2D eigenvalue weighted by Crippen LogP contribution is 2.23. The van der Waals surface area contributed by atoms with Gasteiger partial charge in [-0.3, -0.25) is 18.6 Å². The van der Waals surface area contributed by atoms with E-state index >= 15 is 0 Å². The van der Waals surface area contributed by atoms with E-state index in [0.717, 1.165) is 23.9 Å². The number of amides is 1. The van der Waals surface area contributed by atoms with Gasteiger partial charge in [0.05, 0.1) is 16.7 Å². The zero-order chi connectivity index (χ0) is 21.3. The Bertz CT molecular complexity index is 1330. The zero-order valence-corrected chi connectivity index (χ0v) is 16.3. The lowest BCUT2D eigenvalue weighted by atomic mass is 10.2. The third kappa shape index (κ3) is 3.45. The monoisotopic (exact) mass is 427 g/mol. The van der Waals surface area contributed by atoms with Crippen molar-refractivity contribution in [2.75, 3.05) is 11.1 Å². The molecule has 152 valence electrons. The minimum atomic E-state index is -0.860. The van der Waals surface area contributed by atoms with E-state index in [4.69, 9.17) is 0 Å². The van der Waals surface area contributed by atoms with Gasteiger partial charge in [0, 0.05) is 6.54 Å². The van der Waals surface area contributed by atoms with Crippen LogP contribution in [-0.2, 0) is 11.3 Å². The van der Waals surface area contributed by atoms with Crippen LogP contribution in [0.5, 0.6) is 0 Å². The first-order valence-electron chi connectivity index (χ1n) is 8.85. The number of para-hydroxylation sites is 2. The average Bonchev–Trinajstić information content (AvgIpc) is 3.16. The molecule has 0 fully saturated rings. The van der Waals surface area contributed by atoms with Gasteiger partial charge in [-0.25, -0.2) is 8.78 Å². The molecule has 1 N–H and O–H groups in total. The molecule has 0 aliphatic carbocycles. The summed E-state index contributed by atoms with van der Waals surface area (Å²) < 4.78 is 30.6. The van der Waals surface area contributed by atoms with Crippen LogP contribution in [0.1, 0.15) is 0 Å². The van der Waals surface area contributed by atoms with Crippen LogP contribution in [0.15, 0.2) is 65.1 Å². The van der Waals surface area contributed by atoms with Crippen molar-refractivity contribution in [3.8, 4) is 0 Å². The standard InChI is InChI=1S/C20H15F2N5O2S/c1-2-10-26-18(29)12-6-3-4-9-15(12)27-19(26)24-25-20(27)30-11-16(28)23-17-13(21)7-5-8-14(17)22/h2-9H,1,10-11H2,(H,23,28). The van der Waals surface area contributed by atoms with Crippen molar-refractivity contribution in [1.82, 2.24) is 19.2 Å². The molecule has 4 aromatic rings. The number of carbonyl (C=O) groups is 1. The molecule has 0 aliphatic rings. The third-order valence-corrected chi connectivity index (χ3v) is 5.28. The molecule has 2 aromatic carbocycles. The van der Waals surface area contributed by atoms with Crippen LogP contribution in [0.2, 0.25) is 0 Å². The Kier molecular flexibility index (Phi) is 5.32. The first-order valence-corrected chi connectivity index (χ1v) is 9.84. The van der Waals surface area contributed by atoms with Crippen LogP contribution < -0.4 is 10.9 Å². The number of nitrogens with one attached hydrogen (secondary N) is 1. The van der Waals surface area contributed by atoms with E-state index in [0.29, 0.717) is 21.8 Å². The summed E-state index contributed by atoms with van der Waals surface area (Å²) in [5.74, 6) is -2.18. The summed E-state index contributed by atoms with van der Waals surface area (Å²) in [5.41, 5.74) is -0.139. The summed E-state index contributed by atoms with van der Waals surface area (Å²) in [6.07, 6.45) is 1.58. The Hall–Kier alpha value is -3.53. The number of benzene rings is 2. The van der Waals surface area contributed by atoms with Gasteiger partial charge in [0.1, 0.15) is 17.3 Å². The van der Waals surface area contributed by atoms with Crippen molar-refractivity contribution in [1.29, 1.82) is 0 Å². The van der Waals surface area contributed by atoms with Crippen LogP contribution in [0.3, 0.4) is 0 Å². The van der Waals surface area contributed by atoms with Gasteiger partial charge in [-0.05, 0) is 24.3 Å². The Morgan fingerprint density at radius 2 is 1.87 bits per heavy atom. The van der Waals surface area contributed by atoms with E-state index < -0.39 is 23.2 Å². The van der Waals surface area contributed by atoms with Crippen LogP contribution in [0.25, 0.3) is 16.7 Å². The van der Waals surface area contributed by atoms with Crippen molar-refractivity contribution in [3.05, 3.63) is 77.1 Å². The molecule has 0 spiro atoms. The molecule has 0 unspecified atom stereocenters. The van der Waals surface area contributed by atoms with E-state index in [9.17, 15) is 18.4 Å². The molecule has 2 heterocycles. The molecule has 0 atom stereocenters. The maximum absolute atomic E-state index is 13.7. The first-order chi connectivity index (χ1) is 14.5. The number of aromatic nitrogens is 4. The van der Waals surface area contributed by atoms with Crippen molar-refractivity contribution in [2.24, 2.45) is 0 Å².